The second-order valence-corrected chi connectivity index (χ2v) is 3.57. The first kappa shape index (κ1) is 12.2. The molecular weight excluding hydrogens is 156 g/mol. The summed E-state index contributed by atoms with van der Waals surface area (Å²) in [4.78, 5) is 0. The Morgan fingerprint density at radius 1 is 1.46 bits per heavy atom. The van der Waals surface area contributed by atoms with Gasteiger partial charge in [0.1, 0.15) is 0 Å². The number of hydrogen-bond acceptors (Lipinski definition) is 0. The summed E-state index contributed by atoms with van der Waals surface area (Å²) < 4.78 is 0. The highest BCUT2D eigenvalue weighted by molar-refractivity contribution is 5.22. The summed E-state index contributed by atoms with van der Waals surface area (Å²) in [5.41, 5.74) is 1.35. The standard InChI is InChI=1S/C13H22/c1-5-8-10-13(7-3)11-12(4)9-6-2/h5,7-8,10,12H,3,6,9,11H2,1-2,4H3. The summed E-state index contributed by atoms with van der Waals surface area (Å²) in [6.45, 7) is 10.4. The lowest BCUT2D eigenvalue weighted by atomic mass is 9.96. The molecule has 0 aromatic rings. The molecule has 0 aliphatic carbocycles. The van der Waals surface area contributed by atoms with Crippen LogP contribution in [0.25, 0.3) is 0 Å². The molecule has 0 aliphatic rings. The Balaban J connectivity index is 4.04. The van der Waals surface area contributed by atoms with Crippen LogP contribution in [-0.4, -0.2) is 0 Å². The molecule has 0 rings (SSSR count). The van der Waals surface area contributed by atoms with Crippen LogP contribution >= 0.6 is 0 Å². The number of rotatable bonds is 6. The number of allylic oxidation sites excluding steroid dienone is 5. The lowest BCUT2D eigenvalue weighted by molar-refractivity contribution is 0.524. The first-order valence-electron chi connectivity index (χ1n) is 5.18. The minimum atomic E-state index is 0.777. The average molecular weight is 178 g/mol. The molecule has 0 saturated heterocycles. The highest BCUT2D eigenvalue weighted by Crippen LogP contribution is 2.16. The van der Waals surface area contributed by atoms with Gasteiger partial charge in [-0.25, -0.2) is 0 Å². The van der Waals surface area contributed by atoms with Crippen molar-refractivity contribution >= 4 is 0 Å². The largest absolute Gasteiger partial charge is 0.0988 e. The summed E-state index contributed by atoms with van der Waals surface area (Å²) in [6, 6.07) is 0. The average Bonchev–Trinajstić information content (AvgIpc) is 2.12. The van der Waals surface area contributed by atoms with Crippen LogP contribution in [0.3, 0.4) is 0 Å². The Bertz CT molecular complexity index is 184. The van der Waals surface area contributed by atoms with E-state index in [1.54, 1.807) is 0 Å². The smallest absolute Gasteiger partial charge is 0.0253 e. The lowest BCUT2D eigenvalue weighted by Crippen LogP contribution is -1.94. The minimum Gasteiger partial charge on any atom is -0.0988 e. The third kappa shape index (κ3) is 6.39. The summed E-state index contributed by atoms with van der Waals surface area (Å²) >= 11 is 0. The lowest BCUT2D eigenvalue weighted by Gasteiger charge is -2.09. The molecule has 0 saturated carbocycles. The third-order valence-electron chi connectivity index (χ3n) is 2.13. The van der Waals surface area contributed by atoms with Gasteiger partial charge >= 0.3 is 0 Å². The Hall–Kier alpha value is -0.780. The van der Waals surface area contributed by atoms with Crippen molar-refractivity contribution in [3.8, 4) is 0 Å². The highest BCUT2D eigenvalue weighted by Gasteiger charge is 2.01. The van der Waals surface area contributed by atoms with Gasteiger partial charge in [0, 0.05) is 0 Å². The quantitative estimate of drug-likeness (QED) is 0.525. The second kappa shape index (κ2) is 7.85. The molecule has 0 aromatic carbocycles. The summed E-state index contributed by atoms with van der Waals surface area (Å²) in [7, 11) is 0. The number of hydrogen-bond donors (Lipinski definition) is 0. The topological polar surface area (TPSA) is 0 Å². The van der Waals surface area contributed by atoms with Crippen LogP contribution in [0.5, 0.6) is 0 Å². The molecular formula is C13H22. The first-order chi connectivity index (χ1) is 6.24. The van der Waals surface area contributed by atoms with Gasteiger partial charge in [-0.05, 0) is 24.8 Å². The predicted octanol–water partition coefficient (Wildman–Crippen LogP) is 4.50. The van der Waals surface area contributed by atoms with Gasteiger partial charge in [-0.15, -0.1) is 0 Å². The first-order valence-corrected chi connectivity index (χ1v) is 5.18. The fourth-order valence-electron chi connectivity index (χ4n) is 1.44. The molecule has 0 heteroatoms. The van der Waals surface area contributed by atoms with Gasteiger partial charge in [0.15, 0.2) is 0 Å². The Morgan fingerprint density at radius 3 is 2.62 bits per heavy atom. The summed E-state index contributed by atoms with van der Waals surface area (Å²) in [5, 5.41) is 0. The van der Waals surface area contributed by atoms with E-state index in [1.165, 1.54) is 18.4 Å². The van der Waals surface area contributed by atoms with Gasteiger partial charge < -0.3 is 0 Å². The van der Waals surface area contributed by atoms with Crippen LogP contribution in [0, 0.1) is 5.92 Å². The maximum atomic E-state index is 3.82. The van der Waals surface area contributed by atoms with Gasteiger partial charge in [-0.1, -0.05) is 57.6 Å². The molecule has 1 atom stereocenters. The van der Waals surface area contributed by atoms with Crippen LogP contribution in [-0.2, 0) is 0 Å². The van der Waals surface area contributed by atoms with Crippen LogP contribution in [0.1, 0.15) is 40.0 Å². The van der Waals surface area contributed by atoms with E-state index in [0.29, 0.717) is 0 Å². The second-order valence-electron chi connectivity index (χ2n) is 3.57. The maximum absolute atomic E-state index is 3.82. The zero-order valence-electron chi connectivity index (χ0n) is 9.22. The molecule has 0 bridgehead atoms. The Kier molecular flexibility index (Phi) is 7.38. The van der Waals surface area contributed by atoms with Crippen molar-refractivity contribution in [1.82, 2.24) is 0 Å². The van der Waals surface area contributed by atoms with Crippen LogP contribution in [0.4, 0.5) is 0 Å². The van der Waals surface area contributed by atoms with E-state index in [2.05, 4.69) is 32.6 Å². The summed E-state index contributed by atoms with van der Waals surface area (Å²) in [6.07, 6.45) is 12.0. The fraction of sp³-hybridized carbons (Fsp3) is 0.538. The maximum Gasteiger partial charge on any atom is -0.0253 e. The van der Waals surface area contributed by atoms with Crippen molar-refractivity contribution in [1.29, 1.82) is 0 Å². The van der Waals surface area contributed by atoms with Crippen LogP contribution in [0.2, 0.25) is 0 Å². The van der Waals surface area contributed by atoms with Gasteiger partial charge in [0.2, 0.25) is 0 Å². The van der Waals surface area contributed by atoms with Crippen LogP contribution in [0.15, 0.2) is 36.5 Å². The van der Waals surface area contributed by atoms with Gasteiger partial charge in [-0.2, -0.15) is 0 Å². The minimum absolute atomic E-state index is 0.777. The molecule has 0 aliphatic heterocycles. The molecule has 1 unspecified atom stereocenters. The molecule has 13 heavy (non-hydrogen) atoms. The monoisotopic (exact) mass is 178 g/mol. The zero-order valence-corrected chi connectivity index (χ0v) is 9.22. The van der Waals surface area contributed by atoms with E-state index in [-0.39, 0.29) is 0 Å². The molecule has 0 aromatic heterocycles. The SMILES string of the molecule is C=CC(=CC=CC)CC(C)CCC. The highest BCUT2D eigenvalue weighted by atomic mass is 14.1. The molecule has 0 heterocycles. The summed E-state index contributed by atoms with van der Waals surface area (Å²) in [5.74, 6) is 0.777. The molecule has 0 N–H and O–H groups in total. The molecule has 74 valence electrons. The molecule has 0 spiro atoms. The Labute approximate surface area is 83.0 Å². The van der Waals surface area contributed by atoms with Crippen molar-refractivity contribution in [2.24, 2.45) is 5.92 Å². The van der Waals surface area contributed by atoms with Gasteiger partial charge in [-0.3, -0.25) is 0 Å². The van der Waals surface area contributed by atoms with Gasteiger partial charge in [0.25, 0.3) is 0 Å². The van der Waals surface area contributed by atoms with E-state index in [0.717, 1.165) is 12.3 Å². The molecule has 0 radical (unpaired) electrons. The third-order valence-corrected chi connectivity index (χ3v) is 2.13. The van der Waals surface area contributed by atoms with Crippen molar-refractivity contribution in [3.05, 3.63) is 36.5 Å². The normalized spacial score (nSPS) is 14.8. The Morgan fingerprint density at radius 2 is 2.15 bits per heavy atom. The van der Waals surface area contributed by atoms with Crippen molar-refractivity contribution in [2.75, 3.05) is 0 Å². The van der Waals surface area contributed by atoms with E-state index < -0.39 is 0 Å². The zero-order chi connectivity index (χ0) is 10.1. The van der Waals surface area contributed by atoms with Crippen molar-refractivity contribution in [3.63, 3.8) is 0 Å². The van der Waals surface area contributed by atoms with Crippen LogP contribution < -0.4 is 0 Å². The van der Waals surface area contributed by atoms with E-state index in [4.69, 9.17) is 0 Å². The van der Waals surface area contributed by atoms with Crippen molar-refractivity contribution in [2.45, 2.75) is 40.0 Å². The molecule has 0 amide bonds. The molecule has 0 nitrogen and oxygen atoms in total. The van der Waals surface area contributed by atoms with E-state index in [1.807, 2.05) is 19.1 Å². The van der Waals surface area contributed by atoms with Gasteiger partial charge in [0.05, 0.1) is 0 Å². The van der Waals surface area contributed by atoms with E-state index >= 15 is 0 Å². The fourth-order valence-corrected chi connectivity index (χ4v) is 1.44. The van der Waals surface area contributed by atoms with E-state index in [9.17, 15) is 0 Å². The predicted molar refractivity (Wildman–Crippen MR) is 61.8 cm³/mol. The molecule has 0 fully saturated rings. The van der Waals surface area contributed by atoms with Crippen molar-refractivity contribution < 1.29 is 0 Å².